The molecule has 2 aromatic carbocycles. The first-order valence-corrected chi connectivity index (χ1v) is 8.56. The number of carbonyl (C=O) groups is 2. The van der Waals surface area contributed by atoms with Gasteiger partial charge in [0, 0.05) is 5.69 Å². The highest BCUT2D eigenvalue weighted by molar-refractivity contribution is 6.42. The number of rotatable bonds is 5. The molecule has 1 fully saturated rings. The average Bonchev–Trinajstić information content (AvgIpc) is 2.86. The molecule has 1 aliphatic heterocycles. The van der Waals surface area contributed by atoms with Crippen molar-refractivity contribution in [3.63, 3.8) is 0 Å². The molecule has 0 saturated carbocycles. The number of hydrogen-bond donors (Lipinski definition) is 1. The molecule has 7 heteroatoms. The molecule has 2 aromatic rings. The van der Waals surface area contributed by atoms with Gasteiger partial charge in [-0.2, -0.15) is 0 Å². The molecule has 1 N–H and O–H groups in total. The Hall–Kier alpha value is -2.24. The van der Waals surface area contributed by atoms with E-state index in [0.29, 0.717) is 33.8 Å². The summed E-state index contributed by atoms with van der Waals surface area (Å²) in [6, 6.07) is 11.2. The summed E-state index contributed by atoms with van der Waals surface area (Å²) in [5, 5.41) is 3.85. The Balaban J connectivity index is 1.76. The summed E-state index contributed by atoms with van der Waals surface area (Å²) in [7, 11) is 0. The summed E-state index contributed by atoms with van der Waals surface area (Å²) in [6.07, 6.45) is 0.0757. The molecule has 25 heavy (non-hydrogen) atoms. The molecule has 0 bridgehead atoms. The van der Waals surface area contributed by atoms with Crippen molar-refractivity contribution in [1.82, 2.24) is 0 Å². The fourth-order valence-corrected chi connectivity index (χ4v) is 2.96. The second kappa shape index (κ2) is 7.33. The summed E-state index contributed by atoms with van der Waals surface area (Å²) in [4.78, 5) is 26.1. The highest BCUT2D eigenvalue weighted by atomic mass is 35.5. The van der Waals surface area contributed by atoms with Crippen LogP contribution in [0, 0.1) is 0 Å². The van der Waals surface area contributed by atoms with Crippen molar-refractivity contribution in [2.45, 2.75) is 19.4 Å². The second-order valence-corrected chi connectivity index (χ2v) is 6.34. The Bertz CT molecular complexity index is 808. The Labute approximate surface area is 155 Å². The van der Waals surface area contributed by atoms with Crippen molar-refractivity contribution in [3.8, 4) is 5.75 Å². The van der Waals surface area contributed by atoms with Crippen LogP contribution in [0.2, 0.25) is 10.0 Å². The van der Waals surface area contributed by atoms with Crippen molar-refractivity contribution >= 4 is 46.4 Å². The van der Waals surface area contributed by atoms with E-state index in [1.165, 1.54) is 4.90 Å². The number of benzene rings is 2. The van der Waals surface area contributed by atoms with Crippen LogP contribution in [0.25, 0.3) is 0 Å². The average molecular weight is 379 g/mol. The summed E-state index contributed by atoms with van der Waals surface area (Å²) in [5.41, 5.74) is 1.16. The second-order valence-electron chi connectivity index (χ2n) is 5.52. The molecule has 0 unspecified atom stereocenters. The molecular weight excluding hydrogens is 363 g/mol. The highest BCUT2D eigenvalue weighted by Crippen LogP contribution is 2.29. The summed E-state index contributed by atoms with van der Waals surface area (Å²) in [5.74, 6) is 0.128. The maximum Gasteiger partial charge on any atom is 0.256 e. The number of ether oxygens (including phenoxy) is 1. The summed E-state index contributed by atoms with van der Waals surface area (Å²) < 4.78 is 5.37. The quantitative estimate of drug-likeness (QED) is 0.794. The predicted octanol–water partition coefficient (Wildman–Crippen LogP) is 4.14. The third-order valence-corrected chi connectivity index (χ3v) is 4.55. The minimum atomic E-state index is -0.642. The zero-order valence-electron chi connectivity index (χ0n) is 13.5. The molecule has 0 spiro atoms. The number of halogens is 2. The van der Waals surface area contributed by atoms with E-state index < -0.39 is 6.04 Å². The van der Waals surface area contributed by atoms with Crippen LogP contribution in [0.4, 0.5) is 11.4 Å². The van der Waals surface area contributed by atoms with Crippen LogP contribution >= 0.6 is 23.2 Å². The molecule has 1 atom stereocenters. The van der Waals surface area contributed by atoms with Gasteiger partial charge in [0.15, 0.2) is 0 Å². The normalized spacial score (nSPS) is 17.1. The van der Waals surface area contributed by atoms with Gasteiger partial charge in [-0.1, -0.05) is 23.2 Å². The van der Waals surface area contributed by atoms with Gasteiger partial charge >= 0.3 is 0 Å². The van der Waals surface area contributed by atoms with E-state index in [4.69, 9.17) is 27.9 Å². The number of nitrogens with zero attached hydrogens (tertiary/aromatic N) is 1. The zero-order chi connectivity index (χ0) is 18.0. The van der Waals surface area contributed by atoms with E-state index in [2.05, 4.69) is 5.32 Å². The minimum Gasteiger partial charge on any atom is -0.494 e. The predicted molar refractivity (Wildman–Crippen MR) is 98.6 cm³/mol. The number of hydrogen-bond acceptors (Lipinski definition) is 4. The lowest BCUT2D eigenvalue weighted by molar-refractivity contribution is -0.121. The lowest BCUT2D eigenvalue weighted by Crippen LogP contribution is -2.34. The van der Waals surface area contributed by atoms with Gasteiger partial charge < -0.3 is 10.1 Å². The first kappa shape index (κ1) is 17.6. The molecule has 5 nitrogen and oxygen atoms in total. The van der Waals surface area contributed by atoms with Gasteiger partial charge in [0.2, 0.25) is 5.91 Å². The van der Waals surface area contributed by atoms with Crippen LogP contribution in [0.5, 0.6) is 5.75 Å². The molecule has 1 aliphatic rings. The lowest BCUT2D eigenvalue weighted by Gasteiger charge is -2.16. The highest BCUT2D eigenvalue weighted by Gasteiger charge is 2.39. The van der Waals surface area contributed by atoms with E-state index in [1.54, 1.807) is 42.5 Å². The SMILES string of the molecule is CCOc1ccc(N2C(=O)C[C@@H](Nc3ccc(Cl)c(Cl)c3)C2=O)cc1. The Morgan fingerprint density at radius 1 is 1.12 bits per heavy atom. The summed E-state index contributed by atoms with van der Waals surface area (Å²) >= 11 is 11.9. The van der Waals surface area contributed by atoms with E-state index in [9.17, 15) is 9.59 Å². The fourth-order valence-electron chi connectivity index (χ4n) is 2.66. The van der Waals surface area contributed by atoms with Crippen molar-refractivity contribution in [2.24, 2.45) is 0 Å². The van der Waals surface area contributed by atoms with Crippen LogP contribution in [0.3, 0.4) is 0 Å². The number of carbonyl (C=O) groups excluding carboxylic acids is 2. The van der Waals surface area contributed by atoms with Gasteiger partial charge in [-0.15, -0.1) is 0 Å². The number of imide groups is 1. The molecule has 0 aliphatic carbocycles. The molecule has 2 amide bonds. The van der Waals surface area contributed by atoms with Gasteiger partial charge in [0.1, 0.15) is 11.8 Å². The minimum absolute atomic E-state index is 0.0757. The molecule has 3 rings (SSSR count). The number of nitrogens with one attached hydrogen (secondary N) is 1. The molecule has 0 aromatic heterocycles. The first-order valence-electron chi connectivity index (χ1n) is 7.81. The number of anilines is 2. The molecule has 130 valence electrons. The van der Waals surface area contributed by atoms with E-state index in [-0.39, 0.29) is 18.2 Å². The molecule has 0 radical (unpaired) electrons. The lowest BCUT2D eigenvalue weighted by atomic mass is 10.2. The molecule has 1 heterocycles. The van der Waals surface area contributed by atoms with Gasteiger partial charge in [-0.05, 0) is 49.4 Å². The topological polar surface area (TPSA) is 58.6 Å². The standard InChI is InChI=1S/C18H16Cl2N2O3/c1-2-25-13-6-4-12(5-7-13)22-17(23)10-16(18(22)24)21-11-3-8-14(19)15(20)9-11/h3-9,16,21H,2,10H2,1H3/t16-/m1/s1. The van der Waals surface area contributed by atoms with Crippen molar-refractivity contribution in [1.29, 1.82) is 0 Å². The van der Waals surface area contributed by atoms with Gasteiger partial charge in [-0.3, -0.25) is 9.59 Å². The van der Waals surface area contributed by atoms with Crippen molar-refractivity contribution < 1.29 is 14.3 Å². The monoisotopic (exact) mass is 378 g/mol. The van der Waals surface area contributed by atoms with Crippen LogP contribution < -0.4 is 15.0 Å². The van der Waals surface area contributed by atoms with Gasteiger partial charge in [-0.25, -0.2) is 4.90 Å². The Kier molecular flexibility index (Phi) is 5.16. The maximum absolute atomic E-state index is 12.6. The van der Waals surface area contributed by atoms with E-state index in [0.717, 1.165) is 0 Å². The van der Waals surface area contributed by atoms with Gasteiger partial charge in [0.25, 0.3) is 5.91 Å². The van der Waals surface area contributed by atoms with Crippen molar-refractivity contribution in [3.05, 3.63) is 52.5 Å². The zero-order valence-corrected chi connectivity index (χ0v) is 15.0. The largest absolute Gasteiger partial charge is 0.494 e. The van der Waals surface area contributed by atoms with E-state index in [1.807, 2.05) is 6.92 Å². The fraction of sp³-hybridized carbons (Fsp3) is 0.222. The summed E-state index contributed by atoms with van der Waals surface area (Å²) in [6.45, 7) is 2.44. The maximum atomic E-state index is 12.6. The molecule has 1 saturated heterocycles. The van der Waals surface area contributed by atoms with Gasteiger partial charge in [0.05, 0.1) is 28.8 Å². The third kappa shape index (κ3) is 3.72. The van der Waals surface area contributed by atoms with Crippen LogP contribution in [0.1, 0.15) is 13.3 Å². The Morgan fingerprint density at radius 2 is 1.84 bits per heavy atom. The van der Waals surface area contributed by atoms with Crippen LogP contribution in [-0.2, 0) is 9.59 Å². The number of amides is 2. The van der Waals surface area contributed by atoms with Crippen molar-refractivity contribution in [2.75, 3.05) is 16.8 Å². The smallest absolute Gasteiger partial charge is 0.256 e. The molecular formula is C18H16Cl2N2O3. The Morgan fingerprint density at radius 3 is 2.48 bits per heavy atom. The van der Waals surface area contributed by atoms with Crippen LogP contribution in [0.15, 0.2) is 42.5 Å². The third-order valence-electron chi connectivity index (χ3n) is 3.81. The van der Waals surface area contributed by atoms with E-state index >= 15 is 0 Å². The first-order chi connectivity index (χ1) is 12.0. The van der Waals surface area contributed by atoms with Crippen LogP contribution in [-0.4, -0.2) is 24.5 Å².